The van der Waals surface area contributed by atoms with Gasteiger partial charge in [0.15, 0.2) is 0 Å². The molecule has 1 saturated heterocycles. The molecule has 1 fully saturated rings. The Morgan fingerprint density at radius 3 is 2.68 bits per heavy atom. The van der Waals surface area contributed by atoms with Crippen molar-refractivity contribution in [3.63, 3.8) is 0 Å². The van der Waals surface area contributed by atoms with Gasteiger partial charge >= 0.3 is 0 Å². The number of amides is 1. The molecule has 0 spiro atoms. The fourth-order valence-corrected chi connectivity index (χ4v) is 2.73. The van der Waals surface area contributed by atoms with Gasteiger partial charge in [-0.1, -0.05) is 0 Å². The molecule has 2 rings (SSSR count). The summed E-state index contributed by atoms with van der Waals surface area (Å²) in [6, 6.07) is 5.48. The first-order valence-corrected chi connectivity index (χ1v) is 6.61. The third-order valence-electron chi connectivity index (χ3n) is 3.20. The van der Waals surface area contributed by atoms with E-state index in [1.807, 2.05) is 44.7 Å². The molecule has 1 aromatic carbocycles. The lowest BCUT2D eigenvalue weighted by molar-refractivity contribution is -0.118. The molecule has 1 aliphatic rings. The lowest BCUT2D eigenvalue weighted by Gasteiger charge is -2.41. The Hall–Kier alpha value is -1.55. The molecule has 1 heterocycles. The van der Waals surface area contributed by atoms with E-state index >= 15 is 0 Å². The molecule has 19 heavy (non-hydrogen) atoms. The SMILES string of the molecule is Cc1cc(N)cc(C(=O)N2CC(C)OC(C)(C)C2)c1. The molecule has 104 valence electrons. The van der Waals surface area contributed by atoms with E-state index in [1.165, 1.54) is 0 Å². The highest BCUT2D eigenvalue weighted by atomic mass is 16.5. The number of nitrogens with zero attached hydrogens (tertiary/aromatic N) is 1. The molecule has 1 atom stereocenters. The third kappa shape index (κ3) is 3.26. The van der Waals surface area contributed by atoms with E-state index in [9.17, 15) is 4.79 Å². The maximum absolute atomic E-state index is 12.6. The normalized spacial score (nSPS) is 22.3. The number of hydrogen-bond donors (Lipinski definition) is 1. The molecule has 2 N–H and O–H groups in total. The van der Waals surface area contributed by atoms with Crippen molar-refractivity contribution in [3.05, 3.63) is 29.3 Å². The Bertz CT molecular complexity index is 477. The number of rotatable bonds is 1. The summed E-state index contributed by atoms with van der Waals surface area (Å²) in [7, 11) is 0. The van der Waals surface area contributed by atoms with Gasteiger partial charge in [0, 0.05) is 24.3 Å². The fourth-order valence-electron chi connectivity index (χ4n) is 2.73. The highest BCUT2D eigenvalue weighted by molar-refractivity contribution is 5.95. The van der Waals surface area contributed by atoms with Crippen LogP contribution in [0.5, 0.6) is 0 Å². The Labute approximate surface area is 114 Å². The zero-order valence-electron chi connectivity index (χ0n) is 12.1. The molecule has 0 radical (unpaired) electrons. The van der Waals surface area contributed by atoms with Gasteiger partial charge < -0.3 is 15.4 Å². The van der Waals surface area contributed by atoms with Crippen molar-refractivity contribution in [1.29, 1.82) is 0 Å². The van der Waals surface area contributed by atoms with Crippen LogP contribution in [0.2, 0.25) is 0 Å². The number of nitrogen functional groups attached to an aromatic ring is 1. The van der Waals surface area contributed by atoms with Crippen LogP contribution < -0.4 is 5.73 Å². The van der Waals surface area contributed by atoms with Gasteiger partial charge in [-0.15, -0.1) is 0 Å². The van der Waals surface area contributed by atoms with Gasteiger partial charge in [0.05, 0.1) is 11.7 Å². The molecular formula is C15H22N2O2. The molecule has 4 heteroatoms. The van der Waals surface area contributed by atoms with Gasteiger partial charge in [0.1, 0.15) is 0 Å². The van der Waals surface area contributed by atoms with Crippen LogP contribution in [-0.4, -0.2) is 35.6 Å². The number of benzene rings is 1. The highest BCUT2D eigenvalue weighted by Crippen LogP contribution is 2.23. The second kappa shape index (κ2) is 4.85. The quantitative estimate of drug-likeness (QED) is 0.789. The van der Waals surface area contributed by atoms with Crippen LogP contribution in [0.3, 0.4) is 0 Å². The van der Waals surface area contributed by atoms with E-state index in [0.717, 1.165) is 5.56 Å². The van der Waals surface area contributed by atoms with Crippen molar-refractivity contribution in [1.82, 2.24) is 4.90 Å². The van der Waals surface area contributed by atoms with Gasteiger partial charge in [-0.25, -0.2) is 0 Å². The number of nitrogens with two attached hydrogens (primary N) is 1. The molecule has 1 aromatic rings. The predicted molar refractivity (Wildman–Crippen MR) is 76.1 cm³/mol. The maximum atomic E-state index is 12.6. The van der Waals surface area contributed by atoms with Gasteiger partial charge in [-0.2, -0.15) is 0 Å². The van der Waals surface area contributed by atoms with E-state index < -0.39 is 0 Å². The number of carbonyl (C=O) groups excluding carboxylic acids is 1. The number of anilines is 1. The number of carbonyl (C=O) groups is 1. The summed E-state index contributed by atoms with van der Waals surface area (Å²) < 4.78 is 5.82. The number of ether oxygens (including phenoxy) is 1. The highest BCUT2D eigenvalue weighted by Gasteiger charge is 2.34. The largest absolute Gasteiger partial charge is 0.399 e. The first-order valence-electron chi connectivity index (χ1n) is 6.61. The molecule has 1 unspecified atom stereocenters. The van der Waals surface area contributed by atoms with E-state index in [0.29, 0.717) is 24.3 Å². The summed E-state index contributed by atoms with van der Waals surface area (Å²) in [4.78, 5) is 14.4. The average molecular weight is 262 g/mol. The third-order valence-corrected chi connectivity index (χ3v) is 3.20. The van der Waals surface area contributed by atoms with Crippen LogP contribution in [0.25, 0.3) is 0 Å². The van der Waals surface area contributed by atoms with Gasteiger partial charge in [0.2, 0.25) is 0 Å². The molecule has 4 nitrogen and oxygen atoms in total. The van der Waals surface area contributed by atoms with Gasteiger partial charge in [-0.3, -0.25) is 4.79 Å². The van der Waals surface area contributed by atoms with Gasteiger partial charge in [-0.05, 0) is 51.5 Å². The molecule has 0 bridgehead atoms. The summed E-state index contributed by atoms with van der Waals surface area (Å²) in [6.45, 7) is 9.17. The lowest BCUT2D eigenvalue weighted by Crippen LogP contribution is -2.53. The van der Waals surface area contributed by atoms with Crippen LogP contribution >= 0.6 is 0 Å². The van der Waals surface area contributed by atoms with Gasteiger partial charge in [0.25, 0.3) is 5.91 Å². The van der Waals surface area contributed by atoms with Crippen LogP contribution in [0.15, 0.2) is 18.2 Å². The van der Waals surface area contributed by atoms with E-state index in [2.05, 4.69) is 0 Å². The van der Waals surface area contributed by atoms with Crippen LogP contribution in [-0.2, 0) is 4.74 Å². The van der Waals surface area contributed by atoms with E-state index in [-0.39, 0.29) is 17.6 Å². The minimum Gasteiger partial charge on any atom is -0.399 e. The molecular weight excluding hydrogens is 240 g/mol. The first-order chi connectivity index (χ1) is 8.77. The zero-order chi connectivity index (χ0) is 14.2. The second-order valence-corrected chi connectivity index (χ2v) is 6.01. The Balaban J connectivity index is 2.23. The Kier molecular flexibility index (Phi) is 3.54. The van der Waals surface area contributed by atoms with Crippen LogP contribution in [0, 0.1) is 6.92 Å². The van der Waals surface area contributed by atoms with Crippen molar-refractivity contribution >= 4 is 11.6 Å². The number of hydrogen-bond acceptors (Lipinski definition) is 3. The van der Waals surface area contributed by atoms with Crippen LogP contribution in [0.1, 0.15) is 36.7 Å². The van der Waals surface area contributed by atoms with Crippen molar-refractivity contribution in [3.8, 4) is 0 Å². The minimum atomic E-state index is -0.303. The summed E-state index contributed by atoms with van der Waals surface area (Å²) in [5, 5.41) is 0. The predicted octanol–water partition coefficient (Wildman–Crippen LogP) is 2.22. The minimum absolute atomic E-state index is 0.0265. The molecule has 1 amide bonds. The summed E-state index contributed by atoms with van der Waals surface area (Å²) in [5.41, 5.74) is 7.80. The lowest BCUT2D eigenvalue weighted by atomic mass is 10.0. The second-order valence-electron chi connectivity index (χ2n) is 6.01. The number of morpholine rings is 1. The Morgan fingerprint density at radius 1 is 1.42 bits per heavy atom. The maximum Gasteiger partial charge on any atom is 0.254 e. The molecule has 0 aliphatic carbocycles. The summed E-state index contributed by atoms with van der Waals surface area (Å²) >= 11 is 0. The van der Waals surface area contributed by atoms with Crippen LogP contribution in [0.4, 0.5) is 5.69 Å². The van der Waals surface area contributed by atoms with Crippen molar-refractivity contribution in [2.24, 2.45) is 0 Å². The fraction of sp³-hybridized carbons (Fsp3) is 0.533. The standard InChI is InChI=1S/C15H22N2O2/c1-10-5-12(7-13(16)6-10)14(18)17-8-11(2)19-15(3,4)9-17/h5-7,11H,8-9,16H2,1-4H3. The molecule has 1 aliphatic heterocycles. The molecule has 0 aromatic heterocycles. The summed E-state index contributed by atoms with van der Waals surface area (Å²) in [6.07, 6.45) is 0.0508. The number of aryl methyl sites for hydroxylation is 1. The van der Waals surface area contributed by atoms with E-state index in [1.54, 1.807) is 6.07 Å². The molecule has 0 saturated carbocycles. The average Bonchev–Trinajstić information content (AvgIpc) is 2.23. The van der Waals surface area contributed by atoms with Crippen molar-refractivity contribution in [2.75, 3.05) is 18.8 Å². The smallest absolute Gasteiger partial charge is 0.254 e. The van der Waals surface area contributed by atoms with Crippen molar-refractivity contribution < 1.29 is 9.53 Å². The monoisotopic (exact) mass is 262 g/mol. The summed E-state index contributed by atoms with van der Waals surface area (Å²) in [5.74, 6) is 0.0265. The first kappa shape index (κ1) is 13.9. The topological polar surface area (TPSA) is 55.6 Å². The van der Waals surface area contributed by atoms with Crippen molar-refractivity contribution in [2.45, 2.75) is 39.4 Å². The van der Waals surface area contributed by atoms with E-state index in [4.69, 9.17) is 10.5 Å². The Morgan fingerprint density at radius 2 is 2.11 bits per heavy atom. The zero-order valence-corrected chi connectivity index (χ0v) is 12.1.